The number of hydrazine groups is 1. The molecular weight excluding hydrogens is 312 g/mol. The molecule has 2 fully saturated rings. The lowest BCUT2D eigenvalue weighted by Gasteiger charge is -2.36. The Hall–Kier alpha value is -1.55. The molecule has 138 valence electrons. The molecular formula is C21H32N2O2. The first-order valence-corrected chi connectivity index (χ1v) is 9.85. The van der Waals surface area contributed by atoms with Gasteiger partial charge in [-0.1, -0.05) is 57.5 Å². The summed E-state index contributed by atoms with van der Waals surface area (Å²) in [5.41, 5.74) is 1.26. The normalized spacial score (nSPS) is 27.3. The lowest BCUT2D eigenvalue weighted by Crippen LogP contribution is -2.51. The molecule has 1 amide bonds. The van der Waals surface area contributed by atoms with E-state index in [4.69, 9.17) is 4.74 Å². The molecule has 0 spiro atoms. The van der Waals surface area contributed by atoms with E-state index in [0.29, 0.717) is 24.5 Å². The standard InChI is InChI=1S/C21H32N2O2/c1-4-8-18-13-19(11-16(2)3)22(14-18)23-20(15-25-21(23)24)12-17-9-6-5-7-10-17/h5-7,9-10,16,18-20H,4,8,11-15H2,1-3H3. The summed E-state index contributed by atoms with van der Waals surface area (Å²) in [6.45, 7) is 8.29. The lowest BCUT2D eigenvalue weighted by molar-refractivity contribution is -0.0203. The van der Waals surface area contributed by atoms with Gasteiger partial charge in [0.1, 0.15) is 6.61 Å². The summed E-state index contributed by atoms with van der Waals surface area (Å²) in [5, 5.41) is 4.30. The number of carbonyl (C=O) groups excluding carboxylic acids is 1. The van der Waals surface area contributed by atoms with Crippen LogP contribution in [0.4, 0.5) is 4.79 Å². The fraction of sp³-hybridized carbons (Fsp3) is 0.667. The maximum atomic E-state index is 12.5. The van der Waals surface area contributed by atoms with E-state index < -0.39 is 0 Å². The van der Waals surface area contributed by atoms with Crippen LogP contribution in [0.3, 0.4) is 0 Å². The molecule has 0 N–H and O–H groups in total. The van der Waals surface area contributed by atoms with Gasteiger partial charge in [0.2, 0.25) is 0 Å². The fourth-order valence-electron chi connectivity index (χ4n) is 4.44. The summed E-state index contributed by atoms with van der Waals surface area (Å²) in [7, 11) is 0. The van der Waals surface area contributed by atoms with Crippen molar-refractivity contribution in [3.63, 3.8) is 0 Å². The highest BCUT2D eigenvalue weighted by molar-refractivity contribution is 5.69. The zero-order valence-electron chi connectivity index (χ0n) is 15.9. The third-order valence-electron chi connectivity index (χ3n) is 5.44. The molecule has 2 heterocycles. The van der Waals surface area contributed by atoms with E-state index in [-0.39, 0.29) is 12.1 Å². The van der Waals surface area contributed by atoms with Crippen LogP contribution in [0.2, 0.25) is 0 Å². The van der Waals surface area contributed by atoms with Gasteiger partial charge in [-0.05, 0) is 43.1 Å². The molecule has 0 saturated carbocycles. The summed E-state index contributed by atoms with van der Waals surface area (Å²) in [6, 6.07) is 11.0. The highest BCUT2D eigenvalue weighted by Gasteiger charge is 2.44. The smallest absolute Gasteiger partial charge is 0.424 e. The van der Waals surface area contributed by atoms with Gasteiger partial charge in [0, 0.05) is 12.6 Å². The Bertz CT molecular complexity index is 560. The Morgan fingerprint density at radius 3 is 2.64 bits per heavy atom. The maximum Gasteiger partial charge on any atom is 0.424 e. The first kappa shape index (κ1) is 18.2. The first-order chi connectivity index (χ1) is 12.1. The Kier molecular flexibility index (Phi) is 6.00. The van der Waals surface area contributed by atoms with E-state index in [2.05, 4.69) is 50.0 Å². The minimum absolute atomic E-state index is 0.116. The average molecular weight is 344 g/mol. The Morgan fingerprint density at radius 1 is 1.20 bits per heavy atom. The van der Waals surface area contributed by atoms with E-state index in [9.17, 15) is 4.79 Å². The molecule has 2 aliphatic heterocycles. The monoisotopic (exact) mass is 344 g/mol. The van der Waals surface area contributed by atoms with Crippen molar-refractivity contribution in [1.82, 2.24) is 10.0 Å². The van der Waals surface area contributed by atoms with Gasteiger partial charge in [-0.2, -0.15) is 0 Å². The second-order valence-electron chi connectivity index (χ2n) is 8.06. The van der Waals surface area contributed by atoms with Gasteiger partial charge in [0.15, 0.2) is 0 Å². The zero-order chi connectivity index (χ0) is 17.8. The number of hydrogen-bond acceptors (Lipinski definition) is 3. The van der Waals surface area contributed by atoms with Gasteiger partial charge in [0.25, 0.3) is 0 Å². The number of ether oxygens (including phenoxy) is 1. The number of carbonyl (C=O) groups is 1. The highest BCUT2D eigenvalue weighted by atomic mass is 16.6. The first-order valence-electron chi connectivity index (χ1n) is 9.85. The van der Waals surface area contributed by atoms with Gasteiger partial charge in [-0.25, -0.2) is 14.8 Å². The van der Waals surface area contributed by atoms with E-state index in [0.717, 1.165) is 19.4 Å². The van der Waals surface area contributed by atoms with Crippen molar-refractivity contribution in [1.29, 1.82) is 0 Å². The van der Waals surface area contributed by atoms with Crippen molar-refractivity contribution in [3.8, 4) is 0 Å². The second kappa shape index (κ2) is 8.22. The molecule has 0 radical (unpaired) electrons. The van der Waals surface area contributed by atoms with Crippen LogP contribution >= 0.6 is 0 Å². The summed E-state index contributed by atoms with van der Waals surface area (Å²) in [4.78, 5) is 12.5. The minimum atomic E-state index is -0.160. The van der Waals surface area contributed by atoms with E-state index in [1.807, 2.05) is 11.1 Å². The van der Waals surface area contributed by atoms with Crippen molar-refractivity contribution in [2.45, 2.75) is 65.0 Å². The number of benzene rings is 1. The largest absolute Gasteiger partial charge is 0.446 e. The average Bonchev–Trinajstić information content (AvgIpc) is 3.11. The van der Waals surface area contributed by atoms with Crippen molar-refractivity contribution in [2.24, 2.45) is 11.8 Å². The summed E-state index contributed by atoms with van der Waals surface area (Å²) >= 11 is 0. The maximum absolute atomic E-state index is 12.5. The SMILES string of the molecule is CCCC1CC(CC(C)C)N(N2C(=O)OCC2Cc2ccccc2)C1. The molecule has 3 rings (SSSR count). The minimum Gasteiger partial charge on any atom is -0.446 e. The molecule has 0 aliphatic carbocycles. The molecule has 0 aromatic heterocycles. The zero-order valence-corrected chi connectivity index (χ0v) is 15.9. The van der Waals surface area contributed by atoms with Crippen LogP contribution in [-0.4, -0.2) is 41.3 Å². The molecule has 2 aliphatic rings. The lowest BCUT2D eigenvalue weighted by atomic mass is 9.96. The van der Waals surface area contributed by atoms with Gasteiger partial charge >= 0.3 is 6.09 Å². The number of cyclic esters (lactones) is 1. The third kappa shape index (κ3) is 4.35. The van der Waals surface area contributed by atoms with Crippen LogP contribution in [0.1, 0.15) is 52.0 Å². The highest BCUT2D eigenvalue weighted by Crippen LogP contribution is 2.34. The molecule has 25 heavy (non-hydrogen) atoms. The Morgan fingerprint density at radius 2 is 1.96 bits per heavy atom. The van der Waals surface area contributed by atoms with Gasteiger partial charge < -0.3 is 4.74 Å². The van der Waals surface area contributed by atoms with Crippen molar-refractivity contribution in [3.05, 3.63) is 35.9 Å². The fourth-order valence-corrected chi connectivity index (χ4v) is 4.44. The summed E-state index contributed by atoms with van der Waals surface area (Å²) in [6.07, 6.45) is 5.50. The predicted octanol–water partition coefficient (Wildman–Crippen LogP) is 4.50. The number of nitrogens with zero attached hydrogens (tertiary/aromatic N) is 2. The third-order valence-corrected chi connectivity index (χ3v) is 5.44. The van der Waals surface area contributed by atoms with E-state index in [1.165, 1.54) is 24.8 Å². The second-order valence-corrected chi connectivity index (χ2v) is 8.06. The van der Waals surface area contributed by atoms with Crippen LogP contribution < -0.4 is 0 Å². The van der Waals surface area contributed by atoms with E-state index in [1.54, 1.807) is 0 Å². The van der Waals surface area contributed by atoms with Crippen molar-refractivity contribution < 1.29 is 9.53 Å². The van der Waals surface area contributed by atoms with Crippen molar-refractivity contribution >= 4 is 6.09 Å². The molecule has 0 bridgehead atoms. The van der Waals surface area contributed by atoms with E-state index >= 15 is 0 Å². The van der Waals surface area contributed by atoms with Gasteiger partial charge in [-0.3, -0.25) is 0 Å². The summed E-state index contributed by atoms with van der Waals surface area (Å²) < 4.78 is 5.46. The molecule has 3 unspecified atom stereocenters. The van der Waals surface area contributed by atoms with Gasteiger partial charge in [-0.15, -0.1) is 0 Å². The van der Waals surface area contributed by atoms with Crippen LogP contribution in [-0.2, 0) is 11.2 Å². The Balaban J connectivity index is 1.76. The van der Waals surface area contributed by atoms with Crippen LogP contribution in [0, 0.1) is 11.8 Å². The van der Waals surface area contributed by atoms with Crippen LogP contribution in [0.15, 0.2) is 30.3 Å². The van der Waals surface area contributed by atoms with Crippen LogP contribution in [0.5, 0.6) is 0 Å². The molecule has 3 atom stereocenters. The molecule has 4 nitrogen and oxygen atoms in total. The Labute approximate surface area is 152 Å². The van der Waals surface area contributed by atoms with Crippen molar-refractivity contribution in [2.75, 3.05) is 13.2 Å². The predicted molar refractivity (Wildman–Crippen MR) is 100 cm³/mol. The summed E-state index contributed by atoms with van der Waals surface area (Å²) in [5.74, 6) is 1.33. The molecule has 2 saturated heterocycles. The van der Waals surface area contributed by atoms with Gasteiger partial charge in [0.05, 0.1) is 6.04 Å². The number of hydrogen-bond donors (Lipinski definition) is 0. The quantitative estimate of drug-likeness (QED) is 0.730. The molecule has 1 aromatic carbocycles. The molecule has 4 heteroatoms. The molecule has 1 aromatic rings. The van der Waals surface area contributed by atoms with Crippen LogP contribution in [0.25, 0.3) is 0 Å². The topological polar surface area (TPSA) is 32.8 Å². The number of rotatable bonds is 7. The number of amides is 1.